The van der Waals surface area contributed by atoms with E-state index in [1.165, 1.54) is 0 Å². The molecule has 4 N–H and O–H groups in total. The molecule has 0 aliphatic heterocycles. The predicted molar refractivity (Wildman–Crippen MR) is 42.0 cm³/mol. The van der Waals surface area contributed by atoms with Crippen LogP contribution < -0.4 is 11.7 Å². The molecule has 0 atom stereocenters. The van der Waals surface area contributed by atoms with Gasteiger partial charge in [-0.1, -0.05) is 0 Å². The third kappa shape index (κ3) is 5.53. The lowest BCUT2D eigenvalue weighted by molar-refractivity contribution is -0.128. The Labute approximate surface area is 62.1 Å². The SMILES string of the molecule is CCN(CC)C(C)=O.NN. The number of carbonyl (C=O) groups excluding carboxylic acids is 1. The lowest BCUT2D eigenvalue weighted by atomic mass is 10.5. The van der Waals surface area contributed by atoms with Gasteiger partial charge in [0.2, 0.25) is 5.91 Å². The minimum Gasteiger partial charge on any atom is -0.343 e. The molecule has 0 bridgehead atoms. The van der Waals surface area contributed by atoms with Gasteiger partial charge in [0.25, 0.3) is 0 Å². The summed E-state index contributed by atoms with van der Waals surface area (Å²) in [6.45, 7) is 7.19. The van der Waals surface area contributed by atoms with Crippen molar-refractivity contribution < 1.29 is 4.79 Å². The minimum absolute atomic E-state index is 0.162. The maximum atomic E-state index is 10.5. The van der Waals surface area contributed by atoms with Gasteiger partial charge in [0.1, 0.15) is 0 Å². The Morgan fingerprint density at radius 3 is 1.60 bits per heavy atom. The molecule has 0 saturated heterocycles. The smallest absolute Gasteiger partial charge is 0.219 e. The first-order valence-corrected chi connectivity index (χ1v) is 3.31. The molecule has 0 heterocycles. The van der Waals surface area contributed by atoms with E-state index in [1.54, 1.807) is 11.8 Å². The lowest BCUT2D eigenvalue weighted by Gasteiger charge is -2.14. The minimum atomic E-state index is 0.162. The summed E-state index contributed by atoms with van der Waals surface area (Å²) in [5, 5.41) is 0. The second-order valence-corrected chi connectivity index (χ2v) is 1.69. The quantitative estimate of drug-likeness (QED) is 0.416. The van der Waals surface area contributed by atoms with Crippen LogP contribution in [0.2, 0.25) is 0 Å². The summed E-state index contributed by atoms with van der Waals surface area (Å²) in [6, 6.07) is 0. The molecule has 1 amide bonds. The van der Waals surface area contributed by atoms with Crippen LogP contribution in [0.4, 0.5) is 0 Å². The van der Waals surface area contributed by atoms with E-state index in [-0.39, 0.29) is 5.91 Å². The van der Waals surface area contributed by atoms with Crippen LogP contribution in [-0.4, -0.2) is 23.9 Å². The molecule has 0 unspecified atom stereocenters. The Morgan fingerprint density at radius 1 is 1.30 bits per heavy atom. The van der Waals surface area contributed by atoms with Crippen LogP contribution in [0, 0.1) is 0 Å². The van der Waals surface area contributed by atoms with Gasteiger partial charge in [-0.15, -0.1) is 0 Å². The molecule has 0 radical (unpaired) electrons. The van der Waals surface area contributed by atoms with E-state index in [9.17, 15) is 4.79 Å². The molecule has 62 valence electrons. The van der Waals surface area contributed by atoms with E-state index >= 15 is 0 Å². The topological polar surface area (TPSA) is 72.3 Å². The largest absolute Gasteiger partial charge is 0.343 e. The summed E-state index contributed by atoms with van der Waals surface area (Å²) in [4.78, 5) is 12.3. The van der Waals surface area contributed by atoms with Gasteiger partial charge in [0.05, 0.1) is 0 Å². The van der Waals surface area contributed by atoms with Crippen molar-refractivity contribution >= 4 is 5.91 Å². The van der Waals surface area contributed by atoms with Gasteiger partial charge in [-0.05, 0) is 13.8 Å². The number of nitrogens with two attached hydrogens (primary N) is 2. The maximum Gasteiger partial charge on any atom is 0.219 e. The van der Waals surface area contributed by atoms with E-state index in [4.69, 9.17) is 0 Å². The predicted octanol–water partition coefficient (Wildman–Crippen LogP) is -0.306. The molecular formula is C6H17N3O. The van der Waals surface area contributed by atoms with E-state index < -0.39 is 0 Å². The molecule has 0 saturated carbocycles. The highest BCUT2D eigenvalue weighted by Crippen LogP contribution is 1.84. The van der Waals surface area contributed by atoms with Crippen LogP contribution in [0.25, 0.3) is 0 Å². The zero-order valence-corrected chi connectivity index (χ0v) is 6.92. The summed E-state index contributed by atoms with van der Waals surface area (Å²) >= 11 is 0. The number of hydrogen-bond acceptors (Lipinski definition) is 3. The van der Waals surface area contributed by atoms with Crippen molar-refractivity contribution in [1.29, 1.82) is 0 Å². The number of hydrazine groups is 1. The van der Waals surface area contributed by atoms with Crippen molar-refractivity contribution in [3.63, 3.8) is 0 Å². The summed E-state index contributed by atoms with van der Waals surface area (Å²) < 4.78 is 0. The fourth-order valence-corrected chi connectivity index (χ4v) is 0.669. The molecule has 0 spiro atoms. The average Bonchev–Trinajstić information content (AvgIpc) is 1.94. The summed E-state index contributed by atoms with van der Waals surface area (Å²) in [7, 11) is 0. The molecule has 0 aromatic carbocycles. The van der Waals surface area contributed by atoms with Gasteiger partial charge >= 0.3 is 0 Å². The van der Waals surface area contributed by atoms with Crippen molar-refractivity contribution in [2.75, 3.05) is 13.1 Å². The molecule has 0 aromatic heterocycles. The van der Waals surface area contributed by atoms with Crippen LogP contribution in [0.3, 0.4) is 0 Å². The first-order chi connectivity index (χ1) is 4.72. The van der Waals surface area contributed by atoms with Crippen LogP contribution >= 0.6 is 0 Å². The van der Waals surface area contributed by atoms with Gasteiger partial charge in [-0.3, -0.25) is 16.5 Å². The molecule has 10 heavy (non-hydrogen) atoms. The van der Waals surface area contributed by atoms with Gasteiger partial charge in [-0.2, -0.15) is 0 Å². The summed E-state index contributed by atoms with van der Waals surface area (Å²) in [5.74, 6) is 8.16. The highest BCUT2D eigenvalue weighted by molar-refractivity contribution is 5.73. The maximum absolute atomic E-state index is 10.5. The summed E-state index contributed by atoms with van der Waals surface area (Å²) in [6.07, 6.45) is 0. The van der Waals surface area contributed by atoms with E-state index in [2.05, 4.69) is 11.7 Å². The Kier molecular flexibility index (Phi) is 10.2. The molecular weight excluding hydrogens is 130 g/mol. The Balaban J connectivity index is 0. The summed E-state index contributed by atoms with van der Waals surface area (Å²) in [5.41, 5.74) is 0. The normalized spacial score (nSPS) is 7.70. The van der Waals surface area contributed by atoms with Crippen molar-refractivity contribution in [2.24, 2.45) is 11.7 Å². The van der Waals surface area contributed by atoms with E-state index in [0.717, 1.165) is 13.1 Å². The van der Waals surface area contributed by atoms with Crippen LogP contribution in [0.1, 0.15) is 20.8 Å². The molecule has 4 heteroatoms. The van der Waals surface area contributed by atoms with Crippen LogP contribution in [0.5, 0.6) is 0 Å². The molecule has 0 aliphatic carbocycles. The second kappa shape index (κ2) is 8.39. The number of rotatable bonds is 2. The van der Waals surface area contributed by atoms with Crippen molar-refractivity contribution in [2.45, 2.75) is 20.8 Å². The number of carbonyl (C=O) groups is 1. The number of hydrogen-bond donors (Lipinski definition) is 2. The third-order valence-corrected chi connectivity index (χ3v) is 1.21. The lowest BCUT2D eigenvalue weighted by Crippen LogP contribution is -2.27. The molecule has 4 nitrogen and oxygen atoms in total. The molecule has 0 aromatic rings. The van der Waals surface area contributed by atoms with Gasteiger partial charge in [-0.25, -0.2) is 0 Å². The zero-order valence-electron chi connectivity index (χ0n) is 6.92. The molecule has 0 rings (SSSR count). The Morgan fingerprint density at radius 2 is 1.60 bits per heavy atom. The monoisotopic (exact) mass is 147 g/mol. The van der Waals surface area contributed by atoms with E-state index in [0.29, 0.717) is 0 Å². The fraction of sp³-hybridized carbons (Fsp3) is 0.833. The van der Waals surface area contributed by atoms with Gasteiger partial charge < -0.3 is 4.90 Å². The second-order valence-electron chi connectivity index (χ2n) is 1.69. The first-order valence-electron chi connectivity index (χ1n) is 3.31. The van der Waals surface area contributed by atoms with Crippen molar-refractivity contribution in [1.82, 2.24) is 4.90 Å². The van der Waals surface area contributed by atoms with Gasteiger partial charge in [0, 0.05) is 20.0 Å². The highest BCUT2D eigenvalue weighted by Gasteiger charge is 1.99. The number of nitrogens with zero attached hydrogens (tertiary/aromatic N) is 1. The van der Waals surface area contributed by atoms with E-state index in [1.807, 2.05) is 13.8 Å². The standard InChI is InChI=1S/C6H13NO.H4N2/c1-4-7(5-2)6(3)8;1-2/h4-5H2,1-3H3;1-2H2. The number of amides is 1. The van der Waals surface area contributed by atoms with Crippen molar-refractivity contribution in [3.8, 4) is 0 Å². The molecule has 0 aliphatic rings. The molecule has 0 fully saturated rings. The van der Waals surface area contributed by atoms with Crippen molar-refractivity contribution in [3.05, 3.63) is 0 Å². The Hall–Kier alpha value is -0.610. The fourth-order valence-electron chi connectivity index (χ4n) is 0.669. The van der Waals surface area contributed by atoms with Crippen LogP contribution in [-0.2, 0) is 4.79 Å². The highest BCUT2D eigenvalue weighted by atomic mass is 16.2. The third-order valence-electron chi connectivity index (χ3n) is 1.21. The van der Waals surface area contributed by atoms with Gasteiger partial charge in [0.15, 0.2) is 0 Å². The average molecular weight is 147 g/mol. The zero-order chi connectivity index (χ0) is 8.57. The Bertz CT molecular complexity index is 81.1. The van der Waals surface area contributed by atoms with Crippen LogP contribution in [0.15, 0.2) is 0 Å². The first kappa shape index (κ1) is 12.1.